The van der Waals surface area contributed by atoms with Crippen molar-refractivity contribution in [2.75, 3.05) is 6.54 Å². The lowest BCUT2D eigenvalue weighted by molar-refractivity contribution is -0.175. The van der Waals surface area contributed by atoms with Crippen LogP contribution in [0.15, 0.2) is 35.9 Å². The van der Waals surface area contributed by atoms with Crippen LogP contribution >= 0.6 is 0 Å². The third-order valence-corrected chi connectivity index (χ3v) is 6.10. The fourth-order valence-corrected chi connectivity index (χ4v) is 4.77. The van der Waals surface area contributed by atoms with Crippen LogP contribution in [-0.4, -0.2) is 29.0 Å². The van der Waals surface area contributed by atoms with Crippen LogP contribution in [0, 0.1) is 5.92 Å². The maximum absolute atomic E-state index is 13.2. The monoisotopic (exact) mass is 354 g/mol. The second-order valence-electron chi connectivity index (χ2n) is 7.85. The first-order valence-corrected chi connectivity index (χ1v) is 9.56. The Morgan fingerprint density at radius 2 is 2.15 bits per heavy atom. The normalized spacial score (nSPS) is 30.3. The summed E-state index contributed by atoms with van der Waals surface area (Å²) in [6.07, 6.45) is 8.42. The molecule has 138 valence electrons. The number of carbonyl (C=O) groups excluding carboxylic acids is 2. The quantitative estimate of drug-likeness (QED) is 0.667. The molecule has 3 atom stereocenters. The number of fused-ring (bicyclic) bond motifs is 4. The molecule has 3 aliphatic rings. The van der Waals surface area contributed by atoms with Crippen molar-refractivity contribution in [2.45, 2.75) is 57.1 Å². The van der Waals surface area contributed by atoms with Crippen LogP contribution < -0.4 is 10.5 Å². The zero-order chi connectivity index (χ0) is 18.3. The number of hydrogen-bond donors (Lipinski definition) is 1. The number of carbonyl (C=O) groups is 2. The number of nitrogens with two attached hydrogens (primary N) is 1. The minimum absolute atomic E-state index is 0.192. The third-order valence-electron chi connectivity index (χ3n) is 6.10. The molecule has 5 nitrogen and oxygen atoms in total. The molecule has 0 aromatic heterocycles. The van der Waals surface area contributed by atoms with E-state index in [1.807, 2.05) is 31.2 Å². The number of benzene rings is 1. The molecule has 0 radical (unpaired) electrons. The molecular formula is C21H26N2O3. The Kier molecular flexibility index (Phi) is 4.25. The molecule has 4 rings (SSSR count). The van der Waals surface area contributed by atoms with E-state index >= 15 is 0 Å². The highest BCUT2D eigenvalue weighted by Crippen LogP contribution is 2.50. The molecule has 1 aromatic carbocycles. The van der Waals surface area contributed by atoms with Gasteiger partial charge in [0.1, 0.15) is 11.7 Å². The van der Waals surface area contributed by atoms with Gasteiger partial charge < -0.3 is 15.4 Å². The van der Waals surface area contributed by atoms with Crippen molar-refractivity contribution in [3.05, 3.63) is 41.5 Å². The summed E-state index contributed by atoms with van der Waals surface area (Å²) in [6.45, 7) is 2.53. The highest BCUT2D eigenvalue weighted by molar-refractivity contribution is 6.01. The molecular weight excluding hydrogens is 328 g/mol. The van der Waals surface area contributed by atoms with E-state index in [2.05, 4.69) is 6.08 Å². The van der Waals surface area contributed by atoms with Gasteiger partial charge in [0.2, 0.25) is 11.8 Å². The number of amides is 2. The number of para-hydroxylation sites is 1. The van der Waals surface area contributed by atoms with Crippen LogP contribution in [0.2, 0.25) is 0 Å². The Balaban J connectivity index is 1.66. The number of hydrogen-bond acceptors (Lipinski definition) is 3. The highest BCUT2D eigenvalue weighted by Gasteiger charge is 2.55. The molecule has 5 heteroatoms. The Morgan fingerprint density at radius 1 is 1.35 bits per heavy atom. The molecule has 1 aromatic rings. The Hall–Kier alpha value is -2.30. The standard InChI is InChI=1S/C21H26N2O3/c1-21-13-16(15-9-5-6-10-17(15)26-21)18(19(22)24)20(25)23(21)12-11-14-7-3-2-4-8-14/h5-7,9-10,16,18H,2-4,8,11-13H2,1H3,(H2,22,24)/t16-,18+,21-/m0/s1. The van der Waals surface area contributed by atoms with Gasteiger partial charge in [-0.25, -0.2) is 0 Å². The van der Waals surface area contributed by atoms with Gasteiger partial charge in [0.05, 0.1) is 0 Å². The average Bonchev–Trinajstić information content (AvgIpc) is 2.61. The molecule has 26 heavy (non-hydrogen) atoms. The molecule has 0 unspecified atom stereocenters. The summed E-state index contributed by atoms with van der Waals surface area (Å²) in [7, 11) is 0. The van der Waals surface area contributed by atoms with E-state index in [4.69, 9.17) is 10.5 Å². The summed E-state index contributed by atoms with van der Waals surface area (Å²) in [5.41, 5.74) is 7.25. The zero-order valence-corrected chi connectivity index (χ0v) is 15.2. The molecule has 1 fully saturated rings. The minimum atomic E-state index is -0.812. The largest absolute Gasteiger partial charge is 0.468 e. The van der Waals surface area contributed by atoms with Crippen LogP contribution in [-0.2, 0) is 9.59 Å². The molecule has 2 amide bonds. The Bertz CT molecular complexity index is 772. The van der Waals surface area contributed by atoms with Crippen LogP contribution in [0.1, 0.15) is 56.9 Å². The highest BCUT2D eigenvalue weighted by atomic mass is 16.5. The lowest BCUT2D eigenvalue weighted by Crippen LogP contribution is -2.64. The summed E-state index contributed by atoms with van der Waals surface area (Å²) in [6, 6.07) is 7.68. The summed E-state index contributed by atoms with van der Waals surface area (Å²) in [5, 5.41) is 0. The number of piperidine rings is 1. The second-order valence-corrected chi connectivity index (χ2v) is 7.85. The summed E-state index contributed by atoms with van der Waals surface area (Å²) >= 11 is 0. The number of likely N-dealkylation sites (tertiary alicyclic amines) is 1. The predicted molar refractivity (Wildman–Crippen MR) is 98.4 cm³/mol. The van der Waals surface area contributed by atoms with E-state index in [9.17, 15) is 9.59 Å². The second kappa shape index (κ2) is 6.45. The lowest BCUT2D eigenvalue weighted by atomic mass is 9.73. The number of rotatable bonds is 4. The first-order valence-electron chi connectivity index (χ1n) is 9.56. The predicted octanol–water partition coefficient (Wildman–Crippen LogP) is 3.10. The van der Waals surface area contributed by atoms with Crippen LogP contribution in [0.25, 0.3) is 0 Å². The van der Waals surface area contributed by atoms with Crippen LogP contribution in [0.4, 0.5) is 0 Å². The third kappa shape index (κ3) is 2.79. The summed E-state index contributed by atoms with van der Waals surface area (Å²) in [4.78, 5) is 27.1. The smallest absolute Gasteiger partial charge is 0.238 e. The molecule has 2 bridgehead atoms. The molecule has 2 N–H and O–H groups in total. The van der Waals surface area contributed by atoms with Crippen molar-refractivity contribution in [3.8, 4) is 5.75 Å². The molecule has 1 aliphatic carbocycles. The van der Waals surface area contributed by atoms with Gasteiger partial charge in [-0.15, -0.1) is 0 Å². The van der Waals surface area contributed by atoms with E-state index in [-0.39, 0.29) is 11.8 Å². The summed E-state index contributed by atoms with van der Waals surface area (Å²) in [5.74, 6) is -0.997. The topological polar surface area (TPSA) is 72.6 Å². The molecule has 1 saturated heterocycles. The number of allylic oxidation sites excluding steroid dienone is 1. The van der Waals surface area contributed by atoms with Crippen molar-refractivity contribution in [2.24, 2.45) is 11.7 Å². The van der Waals surface area contributed by atoms with Gasteiger partial charge in [0, 0.05) is 18.9 Å². The van der Waals surface area contributed by atoms with Crippen molar-refractivity contribution < 1.29 is 14.3 Å². The maximum Gasteiger partial charge on any atom is 0.238 e. The van der Waals surface area contributed by atoms with Gasteiger partial charge in [-0.3, -0.25) is 9.59 Å². The van der Waals surface area contributed by atoms with Gasteiger partial charge in [0.15, 0.2) is 5.72 Å². The Labute approximate surface area is 154 Å². The van der Waals surface area contributed by atoms with E-state index in [0.717, 1.165) is 30.6 Å². The SMILES string of the molecule is C[C@@]12C[C@@H](c3ccccc3O1)[C@H](C(N)=O)C(=O)N2CCC1=CCCCC1. The van der Waals surface area contributed by atoms with Crippen molar-refractivity contribution in [1.82, 2.24) is 4.90 Å². The molecule has 2 aliphatic heterocycles. The van der Waals surface area contributed by atoms with E-state index in [1.165, 1.54) is 18.4 Å². The van der Waals surface area contributed by atoms with Gasteiger partial charge in [-0.05, 0) is 50.7 Å². The van der Waals surface area contributed by atoms with Crippen molar-refractivity contribution in [3.63, 3.8) is 0 Å². The van der Waals surface area contributed by atoms with Gasteiger partial charge >= 0.3 is 0 Å². The minimum Gasteiger partial charge on any atom is -0.468 e. The molecule has 2 heterocycles. The van der Waals surface area contributed by atoms with Gasteiger partial charge in [-0.1, -0.05) is 29.8 Å². The average molecular weight is 354 g/mol. The number of primary amides is 1. The molecule has 0 spiro atoms. The van der Waals surface area contributed by atoms with E-state index in [1.54, 1.807) is 4.90 Å². The van der Waals surface area contributed by atoms with Gasteiger partial charge in [-0.2, -0.15) is 0 Å². The van der Waals surface area contributed by atoms with Crippen molar-refractivity contribution >= 4 is 11.8 Å². The first kappa shape index (κ1) is 17.1. The first-order chi connectivity index (χ1) is 12.5. The van der Waals surface area contributed by atoms with E-state index in [0.29, 0.717) is 13.0 Å². The number of nitrogens with zero attached hydrogens (tertiary/aromatic N) is 1. The molecule has 0 saturated carbocycles. The lowest BCUT2D eigenvalue weighted by Gasteiger charge is -2.52. The number of ether oxygens (including phenoxy) is 1. The fourth-order valence-electron chi connectivity index (χ4n) is 4.77. The maximum atomic E-state index is 13.2. The zero-order valence-electron chi connectivity index (χ0n) is 15.2. The van der Waals surface area contributed by atoms with Crippen molar-refractivity contribution in [1.29, 1.82) is 0 Å². The van der Waals surface area contributed by atoms with Gasteiger partial charge in [0.25, 0.3) is 0 Å². The van der Waals surface area contributed by atoms with Crippen LogP contribution in [0.3, 0.4) is 0 Å². The Morgan fingerprint density at radius 3 is 2.88 bits per heavy atom. The van der Waals surface area contributed by atoms with Crippen LogP contribution in [0.5, 0.6) is 5.75 Å². The summed E-state index contributed by atoms with van der Waals surface area (Å²) < 4.78 is 6.27. The fraction of sp³-hybridized carbons (Fsp3) is 0.524. The van der Waals surface area contributed by atoms with E-state index < -0.39 is 17.6 Å².